The van der Waals surface area contributed by atoms with Crippen molar-refractivity contribution in [2.75, 3.05) is 0 Å². The second-order valence-electron chi connectivity index (χ2n) is 4.23. The number of halogens is 3. The van der Waals surface area contributed by atoms with Crippen LogP contribution in [0.15, 0.2) is 41.8 Å². The SMILES string of the molecule is O=C(c1cc(F)c(F)c(F)c1)c1csc2ccccc12. The Balaban J connectivity index is 2.13. The molecule has 0 amide bonds. The van der Waals surface area contributed by atoms with Crippen LogP contribution in [0.3, 0.4) is 0 Å². The number of ketones is 1. The highest BCUT2D eigenvalue weighted by molar-refractivity contribution is 7.17. The molecule has 0 fully saturated rings. The van der Waals surface area contributed by atoms with Crippen LogP contribution in [0.25, 0.3) is 10.1 Å². The summed E-state index contributed by atoms with van der Waals surface area (Å²) in [4.78, 5) is 12.3. The number of hydrogen-bond donors (Lipinski definition) is 0. The minimum absolute atomic E-state index is 0.204. The molecular weight excluding hydrogens is 285 g/mol. The van der Waals surface area contributed by atoms with E-state index in [1.54, 1.807) is 17.5 Å². The molecule has 0 saturated heterocycles. The van der Waals surface area contributed by atoms with Crippen molar-refractivity contribution in [3.05, 3.63) is 70.4 Å². The average Bonchev–Trinajstić information content (AvgIpc) is 2.87. The summed E-state index contributed by atoms with van der Waals surface area (Å²) in [7, 11) is 0. The number of benzene rings is 2. The van der Waals surface area contributed by atoms with Gasteiger partial charge in [-0.3, -0.25) is 4.79 Å². The van der Waals surface area contributed by atoms with Gasteiger partial charge in [-0.2, -0.15) is 0 Å². The maximum Gasteiger partial charge on any atom is 0.194 e. The van der Waals surface area contributed by atoms with E-state index in [-0.39, 0.29) is 5.56 Å². The smallest absolute Gasteiger partial charge is 0.194 e. The van der Waals surface area contributed by atoms with E-state index in [9.17, 15) is 18.0 Å². The molecule has 1 heterocycles. The molecule has 0 bridgehead atoms. The molecule has 0 aliphatic rings. The molecule has 2 aromatic carbocycles. The highest BCUT2D eigenvalue weighted by Crippen LogP contribution is 2.28. The predicted molar refractivity (Wildman–Crippen MR) is 71.6 cm³/mol. The van der Waals surface area contributed by atoms with Crippen LogP contribution in [0.2, 0.25) is 0 Å². The third kappa shape index (κ3) is 2.00. The van der Waals surface area contributed by atoms with Crippen LogP contribution in [-0.4, -0.2) is 5.78 Å². The summed E-state index contributed by atoms with van der Waals surface area (Å²) in [5.74, 6) is -4.84. The number of carbonyl (C=O) groups excluding carboxylic acids is 1. The molecule has 0 spiro atoms. The van der Waals surface area contributed by atoms with Gasteiger partial charge in [0.25, 0.3) is 0 Å². The molecule has 3 rings (SSSR count). The van der Waals surface area contributed by atoms with E-state index in [4.69, 9.17) is 0 Å². The zero-order chi connectivity index (χ0) is 14.3. The van der Waals surface area contributed by atoms with Crippen molar-refractivity contribution in [1.82, 2.24) is 0 Å². The van der Waals surface area contributed by atoms with Crippen LogP contribution in [-0.2, 0) is 0 Å². The largest absolute Gasteiger partial charge is 0.289 e. The standard InChI is InChI=1S/C15H7F3OS/c16-11-5-8(6-12(17)14(11)18)15(19)10-7-20-13-4-2-1-3-9(10)13/h1-7H. The zero-order valence-electron chi connectivity index (χ0n) is 9.99. The molecule has 1 nitrogen and oxygen atoms in total. The van der Waals surface area contributed by atoms with Gasteiger partial charge in [-0.05, 0) is 18.2 Å². The molecule has 0 unspecified atom stereocenters. The molecule has 0 atom stereocenters. The molecule has 0 saturated carbocycles. The lowest BCUT2D eigenvalue weighted by molar-refractivity contribution is 0.103. The van der Waals surface area contributed by atoms with Gasteiger partial charge in [0.05, 0.1) is 0 Å². The van der Waals surface area contributed by atoms with Crippen molar-refractivity contribution >= 4 is 27.2 Å². The van der Waals surface area contributed by atoms with Gasteiger partial charge in [0.15, 0.2) is 23.2 Å². The summed E-state index contributed by atoms with van der Waals surface area (Å²) in [5.41, 5.74) is 0.154. The van der Waals surface area contributed by atoms with Crippen molar-refractivity contribution < 1.29 is 18.0 Å². The normalized spacial score (nSPS) is 10.9. The van der Waals surface area contributed by atoms with Gasteiger partial charge in [-0.25, -0.2) is 13.2 Å². The fourth-order valence-corrected chi connectivity index (χ4v) is 2.94. The van der Waals surface area contributed by atoms with Crippen molar-refractivity contribution in [3.8, 4) is 0 Å². The van der Waals surface area contributed by atoms with Crippen LogP contribution in [0, 0.1) is 17.5 Å². The van der Waals surface area contributed by atoms with Crippen LogP contribution in [0.4, 0.5) is 13.2 Å². The highest BCUT2D eigenvalue weighted by Gasteiger charge is 2.18. The fourth-order valence-electron chi connectivity index (χ4n) is 2.00. The van der Waals surface area contributed by atoms with E-state index in [1.807, 2.05) is 12.1 Å². The lowest BCUT2D eigenvalue weighted by Gasteiger charge is -2.02. The first-order valence-corrected chi connectivity index (χ1v) is 6.61. The lowest BCUT2D eigenvalue weighted by atomic mass is 10.0. The number of rotatable bonds is 2. The minimum Gasteiger partial charge on any atom is -0.289 e. The van der Waals surface area contributed by atoms with Gasteiger partial charge < -0.3 is 0 Å². The van der Waals surface area contributed by atoms with Crippen LogP contribution >= 0.6 is 11.3 Å². The van der Waals surface area contributed by atoms with E-state index >= 15 is 0 Å². The number of hydrogen-bond acceptors (Lipinski definition) is 2. The lowest BCUT2D eigenvalue weighted by Crippen LogP contribution is -2.03. The Bertz CT molecular complexity index is 800. The molecule has 0 N–H and O–H groups in total. The van der Waals surface area contributed by atoms with Crippen LogP contribution in [0.5, 0.6) is 0 Å². The summed E-state index contributed by atoms with van der Waals surface area (Å²) in [6.07, 6.45) is 0. The Morgan fingerprint density at radius 1 is 1.00 bits per heavy atom. The van der Waals surface area contributed by atoms with E-state index in [0.717, 1.165) is 4.70 Å². The Morgan fingerprint density at radius 2 is 1.65 bits per heavy atom. The quantitative estimate of drug-likeness (QED) is 0.500. The summed E-state index contributed by atoms with van der Waals surface area (Å²) < 4.78 is 40.2. The molecule has 1 aromatic heterocycles. The summed E-state index contributed by atoms with van der Waals surface area (Å²) in [6, 6.07) is 8.65. The Morgan fingerprint density at radius 3 is 2.35 bits per heavy atom. The molecule has 0 aliphatic carbocycles. The van der Waals surface area contributed by atoms with Crippen molar-refractivity contribution in [2.45, 2.75) is 0 Å². The number of fused-ring (bicyclic) bond motifs is 1. The first kappa shape index (κ1) is 12.9. The second-order valence-corrected chi connectivity index (χ2v) is 5.14. The Hall–Kier alpha value is -2.14. The first-order valence-electron chi connectivity index (χ1n) is 5.73. The summed E-state index contributed by atoms with van der Waals surface area (Å²) in [6.45, 7) is 0. The maximum absolute atomic E-state index is 13.2. The number of thiophene rings is 1. The molecule has 100 valence electrons. The molecule has 0 radical (unpaired) electrons. The molecule has 3 aromatic rings. The first-order chi connectivity index (χ1) is 9.58. The van der Waals surface area contributed by atoms with Crippen LogP contribution in [0.1, 0.15) is 15.9 Å². The van der Waals surface area contributed by atoms with Crippen LogP contribution < -0.4 is 0 Å². The van der Waals surface area contributed by atoms with E-state index in [2.05, 4.69) is 0 Å². The minimum atomic E-state index is -1.57. The second kappa shape index (κ2) is 4.76. The van der Waals surface area contributed by atoms with E-state index < -0.39 is 23.2 Å². The van der Waals surface area contributed by atoms with Gasteiger partial charge >= 0.3 is 0 Å². The maximum atomic E-state index is 13.2. The zero-order valence-corrected chi connectivity index (χ0v) is 10.8. The monoisotopic (exact) mass is 292 g/mol. The Kier molecular flexibility index (Phi) is 3.06. The van der Waals surface area contributed by atoms with Gasteiger partial charge in [0.2, 0.25) is 0 Å². The topological polar surface area (TPSA) is 17.1 Å². The van der Waals surface area contributed by atoms with Crippen molar-refractivity contribution in [3.63, 3.8) is 0 Å². The fraction of sp³-hybridized carbons (Fsp3) is 0. The van der Waals surface area contributed by atoms with Crippen molar-refractivity contribution in [1.29, 1.82) is 0 Å². The van der Waals surface area contributed by atoms with E-state index in [0.29, 0.717) is 23.1 Å². The van der Waals surface area contributed by atoms with Crippen molar-refractivity contribution in [2.24, 2.45) is 0 Å². The molecule has 20 heavy (non-hydrogen) atoms. The van der Waals surface area contributed by atoms with Gasteiger partial charge in [0.1, 0.15) is 0 Å². The summed E-state index contributed by atoms with van der Waals surface area (Å²) in [5, 5.41) is 2.35. The summed E-state index contributed by atoms with van der Waals surface area (Å²) >= 11 is 1.37. The molecule has 5 heteroatoms. The average molecular weight is 292 g/mol. The predicted octanol–water partition coefficient (Wildman–Crippen LogP) is 4.55. The molecular formula is C15H7F3OS. The van der Waals surface area contributed by atoms with E-state index in [1.165, 1.54) is 11.3 Å². The van der Waals surface area contributed by atoms with Gasteiger partial charge in [-0.15, -0.1) is 11.3 Å². The third-order valence-corrected chi connectivity index (χ3v) is 3.94. The molecule has 0 aliphatic heterocycles. The van der Waals surface area contributed by atoms with Gasteiger partial charge in [-0.1, -0.05) is 18.2 Å². The number of carbonyl (C=O) groups is 1. The highest BCUT2D eigenvalue weighted by atomic mass is 32.1. The van der Waals surface area contributed by atoms with Gasteiger partial charge in [0, 0.05) is 26.6 Å². The third-order valence-electron chi connectivity index (χ3n) is 2.97. The Labute approximate surface area is 116 Å².